The molecule has 1 aliphatic rings. The van der Waals surface area contributed by atoms with Gasteiger partial charge in [0.05, 0.1) is 29.5 Å². The molecule has 0 saturated carbocycles. The molecule has 4 rings (SSSR count). The van der Waals surface area contributed by atoms with Gasteiger partial charge in [-0.25, -0.2) is 0 Å². The summed E-state index contributed by atoms with van der Waals surface area (Å²) < 4.78 is 0. The average molecular weight is 308 g/mol. The van der Waals surface area contributed by atoms with Gasteiger partial charge in [-0.05, 0) is 31.0 Å². The van der Waals surface area contributed by atoms with Crippen molar-refractivity contribution in [2.75, 3.05) is 13.1 Å². The normalized spacial score (nSPS) is 15.9. The number of carbonyl (C=O) groups excluding carboxylic acids is 1. The lowest BCUT2D eigenvalue weighted by atomic mass is 10.0. The number of amides is 1. The predicted molar refractivity (Wildman–Crippen MR) is 83.7 cm³/mol. The maximum Gasteiger partial charge on any atom is 0.253 e. The lowest BCUT2D eigenvalue weighted by Gasteiger charge is -2.31. The van der Waals surface area contributed by atoms with Crippen molar-refractivity contribution in [3.8, 4) is 0 Å². The third kappa shape index (κ3) is 2.65. The van der Waals surface area contributed by atoms with Gasteiger partial charge in [0.2, 0.25) is 0 Å². The minimum atomic E-state index is 0.0458. The number of hydrogen-bond acceptors (Lipinski definition) is 5. The second-order valence-electron chi connectivity index (χ2n) is 5.63. The third-order valence-electron chi connectivity index (χ3n) is 4.23. The van der Waals surface area contributed by atoms with Gasteiger partial charge < -0.3 is 4.90 Å². The fraction of sp³-hybridized carbons (Fsp3) is 0.312. The number of carbonyl (C=O) groups is 1. The third-order valence-corrected chi connectivity index (χ3v) is 4.23. The second-order valence-corrected chi connectivity index (χ2v) is 5.63. The van der Waals surface area contributed by atoms with Gasteiger partial charge >= 0.3 is 0 Å². The lowest BCUT2D eigenvalue weighted by molar-refractivity contribution is 0.0684. The molecule has 0 aliphatic carbocycles. The van der Waals surface area contributed by atoms with Crippen LogP contribution in [-0.4, -0.2) is 48.9 Å². The first kappa shape index (κ1) is 13.8. The van der Waals surface area contributed by atoms with E-state index in [4.69, 9.17) is 0 Å². The highest BCUT2D eigenvalue weighted by atomic mass is 16.2. The Kier molecular flexibility index (Phi) is 3.45. The summed E-state index contributed by atoms with van der Waals surface area (Å²) in [6.07, 6.45) is 8.40. The minimum Gasteiger partial charge on any atom is -0.338 e. The molecule has 7 heteroatoms. The lowest BCUT2D eigenvalue weighted by Crippen LogP contribution is -2.39. The molecule has 1 saturated heterocycles. The monoisotopic (exact) mass is 308 g/mol. The smallest absolute Gasteiger partial charge is 0.253 e. The van der Waals surface area contributed by atoms with Crippen molar-refractivity contribution >= 4 is 16.9 Å². The first-order valence-electron chi connectivity index (χ1n) is 7.67. The fourth-order valence-corrected chi connectivity index (χ4v) is 2.99. The van der Waals surface area contributed by atoms with Crippen molar-refractivity contribution in [3.05, 3.63) is 48.5 Å². The SMILES string of the molecule is O=C(c1ccc2nccnc2c1)N1CCC(n2nccn2)CC1. The number of benzene rings is 1. The van der Waals surface area contributed by atoms with E-state index in [0.29, 0.717) is 18.7 Å². The Hall–Kier alpha value is -2.83. The largest absolute Gasteiger partial charge is 0.338 e. The number of hydrogen-bond donors (Lipinski definition) is 0. The summed E-state index contributed by atoms with van der Waals surface area (Å²) in [6.45, 7) is 1.42. The molecule has 0 bridgehead atoms. The van der Waals surface area contributed by atoms with Gasteiger partial charge in [-0.1, -0.05) is 0 Å². The summed E-state index contributed by atoms with van der Waals surface area (Å²) >= 11 is 0. The molecule has 0 N–H and O–H groups in total. The zero-order valence-corrected chi connectivity index (χ0v) is 12.5. The molecule has 3 aromatic rings. The van der Waals surface area contributed by atoms with E-state index in [-0.39, 0.29) is 11.9 Å². The van der Waals surface area contributed by atoms with Crippen LogP contribution >= 0.6 is 0 Å². The molecule has 1 amide bonds. The van der Waals surface area contributed by atoms with Crippen molar-refractivity contribution in [2.45, 2.75) is 18.9 Å². The number of piperidine rings is 1. The van der Waals surface area contributed by atoms with E-state index in [9.17, 15) is 4.79 Å². The zero-order chi connectivity index (χ0) is 15.6. The van der Waals surface area contributed by atoms with Gasteiger partial charge in [0, 0.05) is 31.0 Å². The van der Waals surface area contributed by atoms with Gasteiger partial charge in [-0.15, -0.1) is 0 Å². The number of fused-ring (bicyclic) bond motifs is 1. The molecule has 0 radical (unpaired) electrons. The Balaban J connectivity index is 1.48. The molecule has 2 aromatic heterocycles. The summed E-state index contributed by atoms with van der Waals surface area (Å²) in [7, 11) is 0. The Bertz CT molecular complexity index is 823. The molecule has 1 aromatic carbocycles. The molecule has 0 atom stereocenters. The molecule has 1 aliphatic heterocycles. The highest BCUT2D eigenvalue weighted by Gasteiger charge is 2.25. The molecule has 23 heavy (non-hydrogen) atoms. The van der Waals surface area contributed by atoms with Crippen LogP contribution in [0.15, 0.2) is 43.0 Å². The van der Waals surface area contributed by atoms with Crippen molar-refractivity contribution in [1.82, 2.24) is 29.9 Å². The summed E-state index contributed by atoms with van der Waals surface area (Å²) in [4.78, 5) is 24.8. The van der Waals surface area contributed by atoms with E-state index in [1.54, 1.807) is 29.6 Å². The number of rotatable bonds is 2. The maximum absolute atomic E-state index is 12.7. The summed E-state index contributed by atoms with van der Waals surface area (Å²) in [5, 5.41) is 8.38. The van der Waals surface area contributed by atoms with Gasteiger partial charge in [0.25, 0.3) is 5.91 Å². The Morgan fingerprint density at radius 3 is 2.39 bits per heavy atom. The van der Waals surface area contributed by atoms with E-state index >= 15 is 0 Å². The number of aromatic nitrogens is 5. The minimum absolute atomic E-state index is 0.0458. The van der Waals surface area contributed by atoms with Crippen LogP contribution in [0, 0.1) is 0 Å². The van der Waals surface area contributed by atoms with Crippen LogP contribution in [0.4, 0.5) is 0 Å². The van der Waals surface area contributed by atoms with Crippen LogP contribution in [0.25, 0.3) is 11.0 Å². The van der Waals surface area contributed by atoms with Crippen LogP contribution in [-0.2, 0) is 0 Å². The van der Waals surface area contributed by atoms with E-state index in [0.717, 1.165) is 23.9 Å². The molecule has 7 nitrogen and oxygen atoms in total. The van der Waals surface area contributed by atoms with Crippen molar-refractivity contribution in [3.63, 3.8) is 0 Å². The fourth-order valence-electron chi connectivity index (χ4n) is 2.99. The number of likely N-dealkylation sites (tertiary alicyclic amines) is 1. The standard InChI is InChI=1S/C16H16N6O/c23-16(12-1-2-14-15(11-12)18-6-5-17-14)21-9-3-13(4-10-21)22-19-7-8-20-22/h1-2,5-8,11,13H,3-4,9-10H2. The van der Waals surface area contributed by atoms with Crippen molar-refractivity contribution in [1.29, 1.82) is 0 Å². The molecule has 116 valence electrons. The highest BCUT2D eigenvalue weighted by Crippen LogP contribution is 2.22. The van der Waals surface area contributed by atoms with Gasteiger partial charge in [0.15, 0.2) is 0 Å². The summed E-state index contributed by atoms with van der Waals surface area (Å²) in [6, 6.07) is 5.75. The van der Waals surface area contributed by atoms with Gasteiger partial charge in [-0.2, -0.15) is 15.0 Å². The molecule has 1 fully saturated rings. The Morgan fingerprint density at radius 1 is 0.957 bits per heavy atom. The van der Waals surface area contributed by atoms with Crippen LogP contribution in [0.2, 0.25) is 0 Å². The van der Waals surface area contributed by atoms with E-state index < -0.39 is 0 Å². The van der Waals surface area contributed by atoms with Crippen LogP contribution in [0.5, 0.6) is 0 Å². The quantitative estimate of drug-likeness (QED) is 0.720. The van der Waals surface area contributed by atoms with Gasteiger partial charge in [-0.3, -0.25) is 14.8 Å². The highest BCUT2D eigenvalue weighted by molar-refractivity contribution is 5.97. The van der Waals surface area contributed by atoms with Crippen molar-refractivity contribution in [2.24, 2.45) is 0 Å². The van der Waals surface area contributed by atoms with Crippen molar-refractivity contribution < 1.29 is 4.79 Å². The molecular weight excluding hydrogens is 292 g/mol. The van der Waals surface area contributed by atoms with E-state index in [2.05, 4.69) is 20.2 Å². The summed E-state index contributed by atoms with van der Waals surface area (Å²) in [5.41, 5.74) is 2.20. The van der Waals surface area contributed by atoms with E-state index in [1.165, 1.54) is 0 Å². The molecule has 3 heterocycles. The van der Waals surface area contributed by atoms with Crippen LogP contribution in [0.1, 0.15) is 29.2 Å². The summed E-state index contributed by atoms with van der Waals surface area (Å²) in [5.74, 6) is 0.0458. The first-order valence-corrected chi connectivity index (χ1v) is 7.67. The van der Waals surface area contributed by atoms with Crippen LogP contribution in [0.3, 0.4) is 0 Å². The Morgan fingerprint density at radius 2 is 1.65 bits per heavy atom. The van der Waals surface area contributed by atoms with E-state index in [1.807, 2.05) is 23.1 Å². The average Bonchev–Trinajstić information content (AvgIpc) is 3.15. The van der Waals surface area contributed by atoms with Gasteiger partial charge in [0.1, 0.15) is 0 Å². The predicted octanol–water partition coefficient (Wildman–Crippen LogP) is 1.70. The first-order chi connectivity index (χ1) is 11.3. The molecule has 0 spiro atoms. The van der Waals surface area contributed by atoms with Crippen LogP contribution < -0.4 is 0 Å². The molecule has 0 unspecified atom stereocenters. The second kappa shape index (κ2) is 5.75. The Labute approximate surface area is 133 Å². The maximum atomic E-state index is 12.7. The topological polar surface area (TPSA) is 76.8 Å². The molecular formula is C16H16N6O. The number of nitrogens with zero attached hydrogens (tertiary/aromatic N) is 6. The zero-order valence-electron chi connectivity index (χ0n) is 12.5.